The number of hydrogen-bond acceptors (Lipinski definition) is 3. The van der Waals surface area contributed by atoms with Crippen molar-refractivity contribution in [2.24, 2.45) is 16.8 Å². The van der Waals surface area contributed by atoms with Crippen molar-refractivity contribution in [3.05, 3.63) is 22.4 Å². The van der Waals surface area contributed by atoms with Gasteiger partial charge in [-0.2, -0.15) is 0 Å². The lowest BCUT2D eigenvalue weighted by atomic mass is 9.98. The maximum Gasteiger partial charge on any atom is 0.190 e. The highest BCUT2D eigenvalue weighted by molar-refractivity contribution is 7.09. The number of nitrogens with one attached hydrogen (secondary N) is 2. The van der Waals surface area contributed by atoms with Crippen LogP contribution in [0.1, 0.15) is 31.6 Å². The topological polar surface area (TPSA) is 39.7 Å². The monoisotopic (exact) mass is 322 g/mol. The highest BCUT2D eigenvalue weighted by Gasteiger charge is 2.20. The molecule has 22 heavy (non-hydrogen) atoms. The van der Waals surface area contributed by atoms with Gasteiger partial charge in [0.25, 0.3) is 0 Å². The van der Waals surface area contributed by atoms with E-state index in [1.54, 1.807) is 0 Å². The zero-order valence-corrected chi connectivity index (χ0v) is 15.0. The normalized spacial score (nSPS) is 20.4. The van der Waals surface area contributed by atoms with Crippen LogP contribution in [-0.4, -0.2) is 44.1 Å². The highest BCUT2D eigenvalue weighted by atomic mass is 32.1. The molecule has 2 rings (SSSR count). The lowest BCUT2D eigenvalue weighted by Crippen LogP contribution is -2.44. The van der Waals surface area contributed by atoms with E-state index in [2.05, 4.69) is 51.9 Å². The molecule has 2 N–H and O–H groups in total. The van der Waals surface area contributed by atoms with Crippen LogP contribution in [0.4, 0.5) is 0 Å². The lowest BCUT2D eigenvalue weighted by molar-refractivity contribution is 0.169. The Morgan fingerprint density at radius 2 is 2.32 bits per heavy atom. The largest absolute Gasteiger partial charge is 0.356 e. The van der Waals surface area contributed by atoms with E-state index in [9.17, 15) is 0 Å². The minimum absolute atomic E-state index is 0.634. The Labute approximate surface area is 139 Å². The molecule has 0 radical (unpaired) electrons. The number of likely N-dealkylation sites (tertiary alicyclic amines) is 1. The minimum Gasteiger partial charge on any atom is -0.356 e. The molecule has 4 nitrogen and oxygen atoms in total. The Hall–Kier alpha value is -1.07. The summed E-state index contributed by atoms with van der Waals surface area (Å²) < 4.78 is 0. The molecule has 0 aliphatic carbocycles. The van der Waals surface area contributed by atoms with E-state index in [1.807, 2.05) is 18.4 Å². The third kappa shape index (κ3) is 5.97. The summed E-state index contributed by atoms with van der Waals surface area (Å²) in [6.45, 7) is 9.93. The van der Waals surface area contributed by atoms with Crippen molar-refractivity contribution >= 4 is 17.3 Å². The minimum atomic E-state index is 0.634. The summed E-state index contributed by atoms with van der Waals surface area (Å²) in [5.74, 6) is 2.28. The van der Waals surface area contributed by atoms with E-state index in [-0.39, 0.29) is 0 Å². The zero-order valence-electron chi connectivity index (χ0n) is 14.1. The second-order valence-electron chi connectivity index (χ2n) is 6.55. The third-order valence-electron chi connectivity index (χ3n) is 4.02. The molecule has 1 aromatic heterocycles. The summed E-state index contributed by atoms with van der Waals surface area (Å²) in [6, 6.07) is 4.39. The average molecular weight is 323 g/mol. The predicted molar refractivity (Wildman–Crippen MR) is 96.5 cm³/mol. The second kappa shape index (κ2) is 9.16. The predicted octanol–water partition coefficient (Wildman–Crippen LogP) is 2.78. The second-order valence-corrected chi connectivity index (χ2v) is 7.58. The Kier molecular flexibility index (Phi) is 7.19. The van der Waals surface area contributed by atoms with Gasteiger partial charge in [-0.3, -0.25) is 9.89 Å². The van der Waals surface area contributed by atoms with Crippen molar-refractivity contribution in [2.45, 2.75) is 33.2 Å². The molecule has 124 valence electrons. The summed E-state index contributed by atoms with van der Waals surface area (Å²) in [4.78, 5) is 8.37. The first kappa shape index (κ1) is 17.3. The van der Waals surface area contributed by atoms with Crippen LogP contribution in [-0.2, 0) is 6.54 Å². The van der Waals surface area contributed by atoms with E-state index in [1.165, 1.54) is 30.8 Å². The first-order valence-electron chi connectivity index (χ1n) is 8.36. The van der Waals surface area contributed by atoms with Crippen molar-refractivity contribution in [3.8, 4) is 0 Å². The molecular weight excluding hydrogens is 292 g/mol. The molecule has 0 spiro atoms. The van der Waals surface area contributed by atoms with Gasteiger partial charge in [-0.1, -0.05) is 19.9 Å². The first-order chi connectivity index (χ1) is 10.7. The molecule has 1 aliphatic rings. The van der Waals surface area contributed by atoms with Crippen LogP contribution in [0.5, 0.6) is 0 Å². The molecule has 1 saturated heterocycles. The third-order valence-corrected chi connectivity index (χ3v) is 4.88. The fourth-order valence-corrected chi connectivity index (χ4v) is 3.59. The molecule has 0 bridgehead atoms. The first-order valence-corrected chi connectivity index (χ1v) is 9.24. The smallest absolute Gasteiger partial charge is 0.190 e. The molecule has 0 amide bonds. The van der Waals surface area contributed by atoms with E-state index in [0.29, 0.717) is 11.8 Å². The van der Waals surface area contributed by atoms with Crippen LogP contribution < -0.4 is 10.6 Å². The van der Waals surface area contributed by atoms with Crippen molar-refractivity contribution in [1.82, 2.24) is 15.5 Å². The Morgan fingerprint density at radius 3 is 3.00 bits per heavy atom. The van der Waals surface area contributed by atoms with Crippen molar-refractivity contribution in [2.75, 3.05) is 33.2 Å². The number of aliphatic imine (C=N–C) groups is 1. The van der Waals surface area contributed by atoms with E-state index in [4.69, 9.17) is 0 Å². The summed E-state index contributed by atoms with van der Waals surface area (Å²) in [7, 11) is 1.85. The van der Waals surface area contributed by atoms with Gasteiger partial charge in [0.2, 0.25) is 0 Å². The van der Waals surface area contributed by atoms with Crippen molar-refractivity contribution in [3.63, 3.8) is 0 Å². The fourth-order valence-electron chi connectivity index (χ4n) is 2.85. The lowest BCUT2D eigenvalue weighted by Gasteiger charge is -2.32. The van der Waals surface area contributed by atoms with Crippen LogP contribution in [0.25, 0.3) is 0 Å². The van der Waals surface area contributed by atoms with E-state index in [0.717, 1.165) is 25.6 Å². The van der Waals surface area contributed by atoms with Gasteiger partial charge in [-0.15, -0.1) is 11.3 Å². The fraction of sp³-hybridized carbons (Fsp3) is 0.706. The maximum atomic E-state index is 4.31. The summed E-state index contributed by atoms with van der Waals surface area (Å²) in [6.07, 6.45) is 2.62. The molecule has 1 fully saturated rings. The Balaban J connectivity index is 1.73. The number of rotatable bonds is 6. The zero-order chi connectivity index (χ0) is 15.8. The van der Waals surface area contributed by atoms with Gasteiger partial charge in [0.05, 0.1) is 0 Å². The van der Waals surface area contributed by atoms with E-state index >= 15 is 0 Å². The van der Waals surface area contributed by atoms with Gasteiger partial charge >= 0.3 is 0 Å². The van der Waals surface area contributed by atoms with Gasteiger partial charge in [-0.05, 0) is 42.7 Å². The molecule has 1 unspecified atom stereocenters. The van der Waals surface area contributed by atoms with Crippen LogP contribution in [0.3, 0.4) is 0 Å². The molecule has 0 saturated carbocycles. The summed E-state index contributed by atoms with van der Waals surface area (Å²) >= 11 is 1.86. The van der Waals surface area contributed by atoms with Gasteiger partial charge in [0.15, 0.2) is 5.96 Å². The maximum absolute atomic E-state index is 4.31. The number of guanidine groups is 1. The SMILES string of the molecule is CN=C(NCC(C)C)NCC1CCCN(Cc2cccs2)C1. The standard InChI is InChI=1S/C17H30N4S/c1-14(2)10-19-17(18-3)20-11-15-6-4-8-21(12-15)13-16-7-5-9-22-16/h5,7,9,14-15H,4,6,8,10-13H2,1-3H3,(H2,18,19,20). The molecule has 1 atom stereocenters. The molecule has 1 aliphatic heterocycles. The number of piperidine rings is 1. The van der Waals surface area contributed by atoms with Crippen LogP contribution in [0.2, 0.25) is 0 Å². The molecule has 2 heterocycles. The number of hydrogen-bond donors (Lipinski definition) is 2. The molecular formula is C17H30N4S. The van der Waals surface area contributed by atoms with Gasteiger partial charge < -0.3 is 10.6 Å². The molecule has 5 heteroatoms. The van der Waals surface area contributed by atoms with Crippen LogP contribution in [0, 0.1) is 11.8 Å². The van der Waals surface area contributed by atoms with Gasteiger partial charge in [-0.25, -0.2) is 0 Å². The average Bonchev–Trinajstić information content (AvgIpc) is 3.00. The van der Waals surface area contributed by atoms with Gasteiger partial charge in [0, 0.05) is 38.1 Å². The summed E-state index contributed by atoms with van der Waals surface area (Å²) in [5, 5.41) is 9.04. The quantitative estimate of drug-likeness (QED) is 0.625. The number of nitrogens with zero attached hydrogens (tertiary/aromatic N) is 2. The highest BCUT2D eigenvalue weighted by Crippen LogP contribution is 2.19. The Bertz CT molecular complexity index is 442. The van der Waals surface area contributed by atoms with Crippen LogP contribution in [0.15, 0.2) is 22.5 Å². The number of thiophene rings is 1. The summed E-state index contributed by atoms with van der Waals surface area (Å²) in [5.41, 5.74) is 0. The van der Waals surface area contributed by atoms with Gasteiger partial charge in [0.1, 0.15) is 0 Å². The van der Waals surface area contributed by atoms with Crippen LogP contribution >= 0.6 is 11.3 Å². The van der Waals surface area contributed by atoms with E-state index < -0.39 is 0 Å². The van der Waals surface area contributed by atoms with Crippen molar-refractivity contribution in [1.29, 1.82) is 0 Å². The molecule has 0 aromatic carbocycles. The van der Waals surface area contributed by atoms with Crippen molar-refractivity contribution < 1.29 is 0 Å². The molecule has 1 aromatic rings. The Morgan fingerprint density at radius 1 is 1.45 bits per heavy atom.